The van der Waals surface area contributed by atoms with Gasteiger partial charge in [-0.05, 0) is 72.2 Å². The van der Waals surface area contributed by atoms with Crippen molar-refractivity contribution in [1.29, 1.82) is 0 Å². The van der Waals surface area contributed by atoms with Crippen molar-refractivity contribution in [2.45, 2.75) is 37.7 Å². The molecule has 1 amide bonds. The normalized spacial score (nSPS) is 11.9. The van der Waals surface area contributed by atoms with Crippen LogP contribution in [0, 0.1) is 13.8 Å². The number of ether oxygens (including phenoxy) is 1. The fraction of sp³-hybridized carbons (Fsp3) is 0.300. The SMILES string of the molecule is COc1ccc(CNC(=O)[C@H](C)Sc2nnnn2-c2cc(C)cc(C)c2)cc1. The standard InChI is InChI=1S/C20H23N5O2S/c1-13-9-14(2)11-17(10-13)25-20(22-23-24-25)28-15(3)19(26)21-12-16-5-7-18(27-4)8-6-16/h5-11,15H,12H2,1-4H3,(H,21,26)/t15-/m0/s1. The Morgan fingerprint density at radius 2 is 1.86 bits per heavy atom. The van der Waals surface area contributed by atoms with Crippen LogP contribution in [0.25, 0.3) is 5.69 Å². The minimum atomic E-state index is -0.339. The number of benzene rings is 2. The van der Waals surface area contributed by atoms with Gasteiger partial charge in [-0.3, -0.25) is 4.79 Å². The third-order valence-electron chi connectivity index (χ3n) is 4.17. The lowest BCUT2D eigenvalue weighted by Gasteiger charge is -2.12. The van der Waals surface area contributed by atoms with Crippen molar-refractivity contribution in [3.8, 4) is 11.4 Å². The Bertz CT molecular complexity index is 935. The highest BCUT2D eigenvalue weighted by atomic mass is 32.2. The van der Waals surface area contributed by atoms with Crippen LogP contribution in [-0.4, -0.2) is 38.5 Å². The number of hydrogen-bond donors (Lipinski definition) is 1. The Labute approximate surface area is 168 Å². The van der Waals surface area contributed by atoms with E-state index in [0.717, 1.165) is 28.1 Å². The summed E-state index contributed by atoms with van der Waals surface area (Å²) < 4.78 is 6.81. The number of carbonyl (C=O) groups is 1. The summed E-state index contributed by atoms with van der Waals surface area (Å²) in [6.45, 7) is 6.36. The molecule has 146 valence electrons. The van der Waals surface area contributed by atoms with Crippen LogP contribution in [-0.2, 0) is 11.3 Å². The number of nitrogens with zero attached hydrogens (tertiary/aromatic N) is 4. The molecule has 1 heterocycles. The van der Waals surface area contributed by atoms with Gasteiger partial charge in [-0.1, -0.05) is 30.0 Å². The van der Waals surface area contributed by atoms with E-state index in [1.54, 1.807) is 11.8 Å². The summed E-state index contributed by atoms with van der Waals surface area (Å²) in [5.74, 6) is 0.716. The van der Waals surface area contributed by atoms with E-state index in [1.807, 2.05) is 57.2 Å². The molecule has 7 nitrogen and oxygen atoms in total. The van der Waals surface area contributed by atoms with Crippen LogP contribution in [0.15, 0.2) is 47.6 Å². The van der Waals surface area contributed by atoms with E-state index >= 15 is 0 Å². The van der Waals surface area contributed by atoms with Gasteiger partial charge in [0.1, 0.15) is 5.75 Å². The molecule has 3 aromatic rings. The largest absolute Gasteiger partial charge is 0.497 e. The zero-order valence-electron chi connectivity index (χ0n) is 16.3. The highest BCUT2D eigenvalue weighted by Crippen LogP contribution is 2.24. The van der Waals surface area contributed by atoms with Gasteiger partial charge in [0.05, 0.1) is 18.0 Å². The minimum absolute atomic E-state index is 0.0733. The molecule has 1 N–H and O–H groups in total. The molecule has 0 radical (unpaired) electrons. The maximum absolute atomic E-state index is 12.5. The molecule has 0 unspecified atom stereocenters. The van der Waals surface area contributed by atoms with Gasteiger partial charge in [0.15, 0.2) is 0 Å². The molecule has 8 heteroatoms. The molecule has 0 spiro atoms. The summed E-state index contributed by atoms with van der Waals surface area (Å²) in [4.78, 5) is 12.5. The fourth-order valence-electron chi connectivity index (χ4n) is 2.78. The summed E-state index contributed by atoms with van der Waals surface area (Å²) in [6.07, 6.45) is 0. The van der Waals surface area contributed by atoms with E-state index in [-0.39, 0.29) is 11.2 Å². The van der Waals surface area contributed by atoms with E-state index in [4.69, 9.17) is 4.74 Å². The molecule has 0 aliphatic carbocycles. The minimum Gasteiger partial charge on any atom is -0.497 e. The van der Waals surface area contributed by atoms with Crippen molar-refractivity contribution in [2.75, 3.05) is 7.11 Å². The number of thioether (sulfide) groups is 1. The summed E-state index contributed by atoms with van der Waals surface area (Å²) in [5.41, 5.74) is 4.15. The predicted molar refractivity (Wildman–Crippen MR) is 109 cm³/mol. The highest BCUT2D eigenvalue weighted by Gasteiger charge is 2.19. The topological polar surface area (TPSA) is 81.9 Å². The highest BCUT2D eigenvalue weighted by molar-refractivity contribution is 8.00. The Hall–Kier alpha value is -2.87. The van der Waals surface area contributed by atoms with Crippen LogP contribution < -0.4 is 10.1 Å². The first-order valence-electron chi connectivity index (χ1n) is 8.90. The van der Waals surface area contributed by atoms with Crippen molar-refractivity contribution >= 4 is 17.7 Å². The van der Waals surface area contributed by atoms with Gasteiger partial charge >= 0.3 is 0 Å². The Morgan fingerprint density at radius 1 is 1.18 bits per heavy atom. The van der Waals surface area contributed by atoms with E-state index in [1.165, 1.54) is 11.8 Å². The van der Waals surface area contributed by atoms with Crippen LogP contribution in [0.4, 0.5) is 0 Å². The molecule has 28 heavy (non-hydrogen) atoms. The second kappa shape index (κ2) is 8.88. The van der Waals surface area contributed by atoms with Crippen LogP contribution >= 0.6 is 11.8 Å². The Kier molecular flexibility index (Phi) is 6.30. The van der Waals surface area contributed by atoms with E-state index in [9.17, 15) is 4.79 Å². The number of nitrogens with one attached hydrogen (secondary N) is 1. The van der Waals surface area contributed by atoms with Crippen molar-refractivity contribution in [1.82, 2.24) is 25.5 Å². The van der Waals surface area contributed by atoms with Crippen LogP contribution in [0.3, 0.4) is 0 Å². The fourth-order valence-corrected chi connectivity index (χ4v) is 3.61. The summed E-state index contributed by atoms with van der Waals surface area (Å²) in [7, 11) is 1.63. The third kappa shape index (κ3) is 4.89. The van der Waals surface area contributed by atoms with Gasteiger partial charge in [0.2, 0.25) is 11.1 Å². The quantitative estimate of drug-likeness (QED) is 0.617. The molecular weight excluding hydrogens is 374 g/mol. The first kappa shape index (κ1) is 19.9. The second-order valence-corrected chi connectivity index (χ2v) is 7.85. The maximum atomic E-state index is 12.5. The van der Waals surface area contributed by atoms with Crippen molar-refractivity contribution < 1.29 is 9.53 Å². The number of carbonyl (C=O) groups excluding carboxylic acids is 1. The monoisotopic (exact) mass is 397 g/mol. The number of amides is 1. The molecule has 0 bridgehead atoms. The second-order valence-electron chi connectivity index (χ2n) is 6.55. The molecule has 0 saturated heterocycles. The van der Waals surface area contributed by atoms with Crippen LogP contribution in [0.1, 0.15) is 23.6 Å². The van der Waals surface area contributed by atoms with E-state index in [0.29, 0.717) is 11.7 Å². The van der Waals surface area contributed by atoms with Gasteiger partial charge in [-0.2, -0.15) is 4.68 Å². The van der Waals surface area contributed by atoms with Crippen molar-refractivity contribution in [3.05, 3.63) is 59.2 Å². The Morgan fingerprint density at radius 3 is 2.50 bits per heavy atom. The summed E-state index contributed by atoms with van der Waals surface area (Å²) in [5, 5.41) is 15.1. The van der Waals surface area contributed by atoms with Crippen molar-refractivity contribution in [2.24, 2.45) is 0 Å². The van der Waals surface area contributed by atoms with Gasteiger partial charge in [0, 0.05) is 6.54 Å². The number of rotatable bonds is 7. The first-order valence-corrected chi connectivity index (χ1v) is 9.78. The molecule has 1 aromatic heterocycles. The first-order chi connectivity index (χ1) is 13.5. The van der Waals surface area contributed by atoms with Crippen LogP contribution in [0.5, 0.6) is 5.75 Å². The molecule has 0 fully saturated rings. The molecular formula is C20H23N5O2S. The Balaban J connectivity index is 1.63. The number of hydrogen-bond acceptors (Lipinski definition) is 6. The molecule has 0 aliphatic rings. The van der Waals surface area contributed by atoms with Gasteiger partial charge < -0.3 is 10.1 Å². The molecule has 1 atom stereocenters. The zero-order valence-corrected chi connectivity index (χ0v) is 17.2. The average Bonchev–Trinajstić information content (AvgIpc) is 3.13. The molecule has 3 rings (SSSR count). The average molecular weight is 398 g/mol. The lowest BCUT2D eigenvalue weighted by atomic mass is 10.1. The predicted octanol–water partition coefficient (Wildman–Crippen LogP) is 3.08. The van der Waals surface area contributed by atoms with E-state index in [2.05, 4.69) is 26.9 Å². The summed E-state index contributed by atoms with van der Waals surface area (Å²) in [6, 6.07) is 13.7. The molecule has 0 aliphatic heterocycles. The number of aromatic nitrogens is 4. The molecule has 2 aromatic carbocycles. The van der Waals surface area contributed by atoms with Gasteiger partial charge in [-0.25, -0.2) is 0 Å². The van der Waals surface area contributed by atoms with E-state index < -0.39 is 0 Å². The summed E-state index contributed by atoms with van der Waals surface area (Å²) >= 11 is 1.33. The van der Waals surface area contributed by atoms with Crippen molar-refractivity contribution in [3.63, 3.8) is 0 Å². The maximum Gasteiger partial charge on any atom is 0.233 e. The van der Waals surface area contributed by atoms with Crippen LogP contribution in [0.2, 0.25) is 0 Å². The number of tetrazole rings is 1. The lowest BCUT2D eigenvalue weighted by Crippen LogP contribution is -2.30. The number of methoxy groups -OCH3 is 1. The third-order valence-corrected chi connectivity index (χ3v) is 5.20. The smallest absolute Gasteiger partial charge is 0.233 e. The van der Waals surface area contributed by atoms with Gasteiger partial charge in [0.25, 0.3) is 0 Å². The zero-order chi connectivity index (χ0) is 20.1. The lowest BCUT2D eigenvalue weighted by molar-refractivity contribution is -0.120. The van der Waals surface area contributed by atoms with Gasteiger partial charge in [-0.15, -0.1) is 5.10 Å². The molecule has 0 saturated carbocycles. The number of aryl methyl sites for hydroxylation is 2.